The molecule has 7 heteroatoms. The summed E-state index contributed by atoms with van der Waals surface area (Å²) >= 11 is 0. The van der Waals surface area contributed by atoms with Crippen LogP contribution in [0.2, 0.25) is 0 Å². The molecule has 0 saturated carbocycles. The van der Waals surface area contributed by atoms with Gasteiger partial charge in [0.1, 0.15) is 6.61 Å². The lowest BCUT2D eigenvalue weighted by Crippen LogP contribution is -2.36. The number of nitrogens with one attached hydrogen (secondary N) is 2. The van der Waals surface area contributed by atoms with Gasteiger partial charge in [-0.25, -0.2) is 4.79 Å². The van der Waals surface area contributed by atoms with Crippen molar-refractivity contribution in [2.75, 3.05) is 11.9 Å². The van der Waals surface area contributed by atoms with Crippen LogP contribution in [0.1, 0.15) is 42.4 Å². The number of aliphatic carboxylic acids is 1. The molecule has 0 unspecified atom stereocenters. The van der Waals surface area contributed by atoms with Gasteiger partial charge in [-0.2, -0.15) is 0 Å². The van der Waals surface area contributed by atoms with E-state index in [1.54, 1.807) is 25.1 Å². The van der Waals surface area contributed by atoms with Gasteiger partial charge in [0.05, 0.1) is 0 Å². The number of carbonyl (C=O) groups is 3. The summed E-state index contributed by atoms with van der Waals surface area (Å²) in [6, 6.07) is 22.9. The van der Waals surface area contributed by atoms with Gasteiger partial charge in [0, 0.05) is 30.5 Å². The Morgan fingerprint density at radius 3 is 2.26 bits per heavy atom. The number of carbonyl (C=O) groups excluding carboxylic acids is 2. The zero-order chi connectivity index (χ0) is 24.8. The van der Waals surface area contributed by atoms with Crippen molar-refractivity contribution in [1.82, 2.24) is 5.32 Å². The van der Waals surface area contributed by atoms with Gasteiger partial charge < -0.3 is 20.5 Å². The lowest BCUT2D eigenvalue weighted by molar-refractivity contribution is -0.137. The monoisotopic (exact) mass is 472 g/mol. The van der Waals surface area contributed by atoms with Crippen molar-refractivity contribution < 1.29 is 24.2 Å². The summed E-state index contributed by atoms with van der Waals surface area (Å²) in [5.41, 5.74) is 6.02. The molecule has 180 valence electrons. The molecule has 1 atom stereocenters. The van der Waals surface area contributed by atoms with Crippen molar-refractivity contribution in [3.05, 3.63) is 89.5 Å². The summed E-state index contributed by atoms with van der Waals surface area (Å²) in [5.74, 6) is -1.15. The SMILES string of the molecule is C[C@@H](CC(=O)Nc1cccc(CCC(=O)O)c1)NC(=O)OCC1c2ccccc2-c2ccccc21. The van der Waals surface area contributed by atoms with Gasteiger partial charge in [-0.1, -0.05) is 60.7 Å². The number of fused-ring (bicyclic) bond motifs is 3. The minimum Gasteiger partial charge on any atom is -0.481 e. The first-order valence-electron chi connectivity index (χ1n) is 11.6. The quantitative estimate of drug-likeness (QED) is 0.408. The number of alkyl carbamates (subject to hydrolysis) is 1. The van der Waals surface area contributed by atoms with E-state index >= 15 is 0 Å². The van der Waals surface area contributed by atoms with E-state index in [-0.39, 0.29) is 31.3 Å². The Kier molecular flexibility index (Phi) is 7.45. The van der Waals surface area contributed by atoms with Crippen molar-refractivity contribution in [3.63, 3.8) is 0 Å². The lowest BCUT2D eigenvalue weighted by Gasteiger charge is -2.17. The van der Waals surface area contributed by atoms with E-state index in [0.717, 1.165) is 27.8 Å². The fraction of sp³-hybridized carbons (Fsp3) is 0.250. The molecule has 1 aliphatic carbocycles. The molecule has 0 aromatic heterocycles. The highest BCUT2D eigenvalue weighted by Gasteiger charge is 2.29. The second-order valence-corrected chi connectivity index (χ2v) is 8.72. The van der Waals surface area contributed by atoms with Gasteiger partial charge in [0.15, 0.2) is 0 Å². The molecule has 0 saturated heterocycles. The van der Waals surface area contributed by atoms with Crippen molar-refractivity contribution in [2.45, 2.75) is 38.1 Å². The fourth-order valence-electron chi connectivity index (χ4n) is 4.44. The molecule has 3 aromatic carbocycles. The van der Waals surface area contributed by atoms with Crippen LogP contribution >= 0.6 is 0 Å². The van der Waals surface area contributed by atoms with Gasteiger partial charge in [-0.05, 0) is 53.3 Å². The summed E-state index contributed by atoms with van der Waals surface area (Å²) in [6.45, 7) is 1.95. The standard InChI is InChI=1S/C28H28N2O5/c1-18(15-26(31)30-20-8-6-7-19(16-20)13-14-27(32)33)29-28(34)35-17-25-23-11-4-2-9-21(23)22-10-3-5-12-24(22)25/h2-12,16,18,25H,13-15,17H2,1H3,(H,29,34)(H,30,31)(H,32,33)/t18-/m0/s1. The smallest absolute Gasteiger partial charge is 0.407 e. The van der Waals surface area contributed by atoms with Crippen molar-refractivity contribution in [1.29, 1.82) is 0 Å². The first-order chi connectivity index (χ1) is 16.9. The molecule has 7 nitrogen and oxygen atoms in total. The molecule has 0 bridgehead atoms. The number of rotatable bonds is 9. The third-order valence-electron chi connectivity index (χ3n) is 6.04. The van der Waals surface area contributed by atoms with Gasteiger partial charge in [-0.15, -0.1) is 0 Å². The first-order valence-corrected chi connectivity index (χ1v) is 11.6. The largest absolute Gasteiger partial charge is 0.481 e. The third kappa shape index (κ3) is 6.06. The molecule has 0 aliphatic heterocycles. The van der Waals surface area contributed by atoms with E-state index in [9.17, 15) is 14.4 Å². The Bertz CT molecular complexity index is 1190. The Morgan fingerprint density at radius 1 is 0.943 bits per heavy atom. The van der Waals surface area contributed by atoms with Crippen LogP contribution in [0.15, 0.2) is 72.8 Å². The van der Waals surface area contributed by atoms with E-state index in [1.807, 2.05) is 30.3 Å². The highest BCUT2D eigenvalue weighted by molar-refractivity contribution is 5.91. The molecule has 3 aromatic rings. The first kappa shape index (κ1) is 24.0. The average molecular weight is 473 g/mol. The Balaban J connectivity index is 1.27. The molecule has 0 radical (unpaired) electrons. The maximum absolute atomic E-state index is 12.4. The number of ether oxygens (including phenoxy) is 1. The van der Waals surface area contributed by atoms with Crippen molar-refractivity contribution in [2.24, 2.45) is 0 Å². The molecule has 0 heterocycles. The number of anilines is 1. The predicted octanol–water partition coefficient (Wildman–Crippen LogP) is 4.96. The zero-order valence-corrected chi connectivity index (χ0v) is 19.5. The number of carboxylic acid groups (broad SMARTS) is 1. The van der Waals surface area contributed by atoms with E-state index in [4.69, 9.17) is 9.84 Å². The number of carboxylic acids is 1. The molecular weight excluding hydrogens is 444 g/mol. The van der Waals surface area contributed by atoms with Gasteiger partial charge in [-0.3, -0.25) is 9.59 Å². The normalized spacial score (nSPS) is 12.8. The molecular formula is C28H28N2O5. The number of aryl methyl sites for hydroxylation is 1. The lowest BCUT2D eigenvalue weighted by atomic mass is 9.98. The van der Waals surface area contributed by atoms with Gasteiger partial charge >= 0.3 is 12.1 Å². The van der Waals surface area contributed by atoms with E-state index < -0.39 is 18.1 Å². The number of amides is 2. The fourth-order valence-corrected chi connectivity index (χ4v) is 4.44. The molecule has 0 fully saturated rings. The number of hydrogen-bond acceptors (Lipinski definition) is 4. The number of hydrogen-bond donors (Lipinski definition) is 3. The van der Waals surface area contributed by atoms with Crippen molar-refractivity contribution >= 4 is 23.7 Å². The molecule has 1 aliphatic rings. The number of benzene rings is 3. The molecule has 2 amide bonds. The van der Waals surface area contributed by atoms with Crippen LogP contribution in [0.5, 0.6) is 0 Å². The molecule has 0 spiro atoms. The Labute approximate surface area is 204 Å². The summed E-state index contributed by atoms with van der Waals surface area (Å²) < 4.78 is 5.54. The maximum atomic E-state index is 12.4. The van der Waals surface area contributed by atoms with E-state index in [1.165, 1.54) is 0 Å². The maximum Gasteiger partial charge on any atom is 0.407 e. The predicted molar refractivity (Wildman–Crippen MR) is 133 cm³/mol. The zero-order valence-electron chi connectivity index (χ0n) is 19.5. The van der Waals surface area contributed by atoms with Crippen molar-refractivity contribution in [3.8, 4) is 11.1 Å². The Morgan fingerprint density at radius 2 is 1.60 bits per heavy atom. The second kappa shape index (κ2) is 10.9. The highest BCUT2D eigenvalue weighted by atomic mass is 16.5. The summed E-state index contributed by atoms with van der Waals surface area (Å²) in [5, 5.41) is 14.4. The third-order valence-corrected chi connectivity index (χ3v) is 6.04. The second-order valence-electron chi connectivity index (χ2n) is 8.72. The summed E-state index contributed by atoms with van der Waals surface area (Å²) in [6.07, 6.45) is -0.0799. The Hall–Kier alpha value is -4.13. The molecule has 4 rings (SSSR count). The minimum absolute atomic E-state index is 0.0263. The van der Waals surface area contributed by atoms with E-state index in [0.29, 0.717) is 12.1 Å². The molecule has 3 N–H and O–H groups in total. The van der Waals surface area contributed by atoms with Crippen LogP contribution in [-0.2, 0) is 20.7 Å². The van der Waals surface area contributed by atoms with Crippen LogP contribution < -0.4 is 10.6 Å². The van der Waals surface area contributed by atoms with Crippen LogP contribution in [0.25, 0.3) is 11.1 Å². The summed E-state index contributed by atoms with van der Waals surface area (Å²) in [4.78, 5) is 35.6. The van der Waals surface area contributed by atoms with Crippen LogP contribution in [0.3, 0.4) is 0 Å². The topological polar surface area (TPSA) is 105 Å². The average Bonchev–Trinajstić information content (AvgIpc) is 3.15. The molecule has 35 heavy (non-hydrogen) atoms. The van der Waals surface area contributed by atoms with Crippen LogP contribution in [0, 0.1) is 0 Å². The minimum atomic E-state index is -0.868. The summed E-state index contributed by atoms with van der Waals surface area (Å²) in [7, 11) is 0. The highest BCUT2D eigenvalue weighted by Crippen LogP contribution is 2.44. The van der Waals surface area contributed by atoms with Gasteiger partial charge in [0.25, 0.3) is 0 Å². The van der Waals surface area contributed by atoms with Crippen LogP contribution in [0.4, 0.5) is 10.5 Å². The van der Waals surface area contributed by atoms with Crippen LogP contribution in [-0.4, -0.2) is 35.7 Å². The van der Waals surface area contributed by atoms with E-state index in [2.05, 4.69) is 34.9 Å². The van der Waals surface area contributed by atoms with Gasteiger partial charge in [0.2, 0.25) is 5.91 Å².